The van der Waals surface area contributed by atoms with E-state index in [1.165, 1.54) is 0 Å². The molecule has 0 amide bonds. The van der Waals surface area contributed by atoms with Crippen molar-refractivity contribution in [3.05, 3.63) is 95.1 Å². The summed E-state index contributed by atoms with van der Waals surface area (Å²) in [4.78, 5) is 42.7. The first kappa shape index (κ1) is 20.3. The number of nitro groups is 4. The lowest BCUT2D eigenvalue weighted by Gasteiger charge is -2.11. The molecule has 0 aliphatic rings. The van der Waals surface area contributed by atoms with Gasteiger partial charge in [-0.1, -0.05) is 36.9 Å². The molecule has 12 heteroatoms. The van der Waals surface area contributed by atoms with E-state index in [0.717, 1.165) is 12.1 Å². The number of non-ortho nitro benzene ring substituents is 1. The number of hydrogen-bond donors (Lipinski definition) is 0. The third-order valence-corrected chi connectivity index (χ3v) is 5.14. The van der Waals surface area contributed by atoms with Gasteiger partial charge in [-0.2, -0.15) is 0 Å². The van der Waals surface area contributed by atoms with Crippen LogP contribution in [0.15, 0.2) is 49.0 Å². The summed E-state index contributed by atoms with van der Waals surface area (Å²) in [6.45, 7) is 3.48. The molecule has 0 N–H and O–H groups in total. The summed E-state index contributed by atoms with van der Waals surface area (Å²) in [5, 5.41) is 48.2. The fraction of sp³-hybridized carbons (Fsp3) is 0. The molecule has 0 aliphatic heterocycles. The Bertz CT molecular complexity index is 1560. The smallest absolute Gasteiger partial charge is 0.258 e. The standard InChI is InChI=1S/C20H10N4O8/c1-2-13-16-14-8-11-6-4-3-5-10(11)7-12(14)9-15(21(25)26)17(16)19(23(29)30)20(24(31)32)18(13)22(27)28/h2-9H,1H2. The van der Waals surface area contributed by atoms with Crippen LogP contribution in [0.2, 0.25) is 0 Å². The van der Waals surface area contributed by atoms with E-state index in [-0.39, 0.29) is 16.2 Å². The van der Waals surface area contributed by atoms with Gasteiger partial charge in [0.05, 0.1) is 25.3 Å². The lowest BCUT2D eigenvalue weighted by Crippen LogP contribution is -2.06. The molecule has 0 saturated carbocycles. The predicted molar refractivity (Wildman–Crippen MR) is 116 cm³/mol. The molecule has 0 radical (unpaired) electrons. The molecular weight excluding hydrogens is 424 g/mol. The van der Waals surface area contributed by atoms with Crippen molar-refractivity contribution in [3.63, 3.8) is 0 Å². The molecule has 32 heavy (non-hydrogen) atoms. The fourth-order valence-electron chi connectivity index (χ4n) is 3.95. The minimum absolute atomic E-state index is 0.222. The lowest BCUT2D eigenvalue weighted by molar-refractivity contribution is -0.440. The van der Waals surface area contributed by atoms with E-state index in [1.54, 1.807) is 36.4 Å². The summed E-state index contributed by atoms with van der Waals surface area (Å²) in [6.07, 6.45) is 0.940. The first-order chi connectivity index (χ1) is 15.2. The predicted octanol–water partition coefficient (Wildman–Crippen LogP) is 5.42. The van der Waals surface area contributed by atoms with Gasteiger partial charge >= 0.3 is 17.1 Å². The molecule has 0 aromatic heterocycles. The minimum atomic E-state index is -1.44. The third-order valence-electron chi connectivity index (χ3n) is 5.14. The van der Waals surface area contributed by atoms with Crippen LogP contribution >= 0.6 is 0 Å². The first-order valence-electron chi connectivity index (χ1n) is 8.86. The Morgan fingerprint density at radius 3 is 1.72 bits per heavy atom. The number of benzene rings is 4. The zero-order valence-electron chi connectivity index (χ0n) is 15.9. The van der Waals surface area contributed by atoms with Gasteiger partial charge in [-0.25, -0.2) is 0 Å². The van der Waals surface area contributed by atoms with Crippen molar-refractivity contribution >= 4 is 61.1 Å². The second-order valence-corrected chi connectivity index (χ2v) is 6.76. The van der Waals surface area contributed by atoms with Gasteiger partial charge in [0.1, 0.15) is 5.39 Å². The molecule has 4 aromatic carbocycles. The lowest BCUT2D eigenvalue weighted by atomic mass is 9.91. The zero-order chi connectivity index (χ0) is 23.3. The molecule has 158 valence electrons. The molecule has 0 spiro atoms. The highest BCUT2D eigenvalue weighted by molar-refractivity contribution is 6.22. The highest BCUT2D eigenvalue weighted by atomic mass is 16.7. The Hall–Kier alpha value is -5.00. The van der Waals surface area contributed by atoms with Crippen LogP contribution in [-0.4, -0.2) is 19.7 Å². The van der Waals surface area contributed by atoms with Crippen molar-refractivity contribution in [2.24, 2.45) is 0 Å². The van der Waals surface area contributed by atoms with E-state index in [2.05, 4.69) is 6.58 Å². The van der Waals surface area contributed by atoms with Gasteiger partial charge < -0.3 is 0 Å². The normalized spacial score (nSPS) is 11.0. The summed E-state index contributed by atoms with van der Waals surface area (Å²) in [7, 11) is 0. The van der Waals surface area contributed by atoms with Crippen molar-refractivity contribution in [1.29, 1.82) is 0 Å². The van der Waals surface area contributed by atoms with E-state index >= 15 is 0 Å². The van der Waals surface area contributed by atoms with Crippen LogP contribution < -0.4 is 0 Å². The van der Waals surface area contributed by atoms with Gasteiger partial charge in [0, 0.05) is 11.5 Å². The van der Waals surface area contributed by atoms with Crippen molar-refractivity contribution < 1.29 is 19.7 Å². The number of nitrogens with zero attached hydrogens (tertiary/aromatic N) is 4. The summed E-state index contributed by atoms with van der Waals surface area (Å²) < 4.78 is 0. The molecule has 0 bridgehead atoms. The molecule has 0 heterocycles. The van der Waals surface area contributed by atoms with E-state index in [9.17, 15) is 40.5 Å². The van der Waals surface area contributed by atoms with Crippen LogP contribution in [0.4, 0.5) is 22.7 Å². The van der Waals surface area contributed by atoms with Crippen LogP contribution in [0.25, 0.3) is 38.4 Å². The highest BCUT2D eigenvalue weighted by Gasteiger charge is 2.44. The maximum Gasteiger partial charge on any atom is 0.423 e. The van der Waals surface area contributed by atoms with Gasteiger partial charge in [0.15, 0.2) is 0 Å². The molecule has 4 rings (SSSR count). The summed E-state index contributed by atoms with van der Waals surface area (Å²) in [6, 6.07) is 11.2. The van der Waals surface area contributed by atoms with Gasteiger partial charge in [0.2, 0.25) is 0 Å². The van der Waals surface area contributed by atoms with Crippen LogP contribution in [0, 0.1) is 40.5 Å². The monoisotopic (exact) mass is 434 g/mol. The molecule has 0 unspecified atom stereocenters. The van der Waals surface area contributed by atoms with E-state index in [1.807, 2.05) is 0 Å². The molecule has 4 aromatic rings. The van der Waals surface area contributed by atoms with Gasteiger partial charge in [-0.05, 0) is 33.7 Å². The van der Waals surface area contributed by atoms with Gasteiger partial charge in [-0.3, -0.25) is 40.5 Å². The first-order valence-corrected chi connectivity index (χ1v) is 8.86. The van der Waals surface area contributed by atoms with E-state index < -0.39 is 53.4 Å². The average molecular weight is 434 g/mol. The fourth-order valence-corrected chi connectivity index (χ4v) is 3.95. The second-order valence-electron chi connectivity index (χ2n) is 6.76. The molecule has 0 aliphatic carbocycles. The Balaban J connectivity index is 2.49. The van der Waals surface area contributed by atoms with Crippen LogP contribution in [-0.2, 0) is 0 Å². The Labute approximate surface area is 176 Å². The number of rotatable bonds is 5. The SMILES string of the molecule is C=Cc1c([N+](=O)[O-])c([N+](=O)[O-])c([N+](=O)[O-])c2c([N+](=O)[O-])cc3cc4ccccc4cc3c12. The third kappa shape index (κ3) is 2.78. The zero-order valence-corrected chi connectivity index (χ0v) is 15.9. The Morgan fingerprint density at radius 1 is 0.656 bits per heavy atom. The minimum Gasteiger partial charge on any atom is -0.258 e. The number of nitro benzene ring substituents is 4. The van der Waals surface area contributed by atoms with E-state index in [4.69, 9.17) is 0 Å². The van der Waals surface area contributed by atoms with Gasteiger partial charge in [0.25, 0.3) is 5.69 Å². The number of fused-ring (bicyclic) bond motifs is 4. The molecule has 0 saturated heterocycles. The molecule has 0 atom stereocenters. The maximum atomic E-state index is 11.9. The average Bonchev–Trinajstić information content (AvgIpc) is 2.74. The van der Waals surface area contributed by atoms with Crippen molar-refractivity contribution in [2.45, 2.75) is 0 Å². The largest absolute Gasteiger partial charge is 0.423 e. The van der Waals surface area contributed by atoms with Gasteiger partial charge in [-0.15, -0.1) is 0 Å². The number of hydrogen-bond acceptors (Lipinski definition) is 8. The molecule has 0 fully saturated rings. The second kappa shape index (κ2) is 7.05. The summed E-state index contributed by atoms with van der Waals surface area (Å²) in [5.41, 5.74) is -5.10. The van der Waals surface area contributed by atoms with Crippen molar-refractivity contribution in [1.82, 2.24) is 0 Å². The highest BCUT2D eigenvalue weighted by Crippen LogP contribution is 2.51. The Morgan fingerprint density at radius 2 is 1.22 bits per heavy atom. The van der Waals surface area contributed by atoms with Crippen LogP contribution in [0.1, 0.15) is 5.56 Å². The summed E-state index contributed by atoms with van der Waals surface area (Å²) in [5.74, 6) is 0. The quantitative estimate of drug-likeness (QED) is 0.173. The maximum absolute atomic E-state index is 11.9. The van der Waals surface area contributed by atoms with Crippen LogP contribution in [0.5, 0.6) is 0 Å². The molecular formula is C20H10N4O8. The Kier molecular flexibility index (Phi) is 4.47. The summed E-state index contributed by atoms with van der Waals surface area (Å²) >= 11 is 0. The van der Waals surface area contributed by atoms with E-state index in [0.29, 0.717) is 10.8 Å². The van der Waals surface area contributed by atoms with Crippen molar-refractivity contribution in [2.75, 3.05) is 0 Å². The van der Waals surface area contributed by atoms with Crippen LogP contribution in [0.3, 0.4) is 0 Å². The van der Waals surface area contributed by atoms with Crippen molar-refractivity contribution in [3.8, 4) is 0 Å². The molecule has 12 nitrogen and oxygen atoms in total. The topological polar surface area (TPSA) is 173 Å².